The molecule has 1 fully saturated rings. The first-order chi connectivity index (χ1) is 11.0. The van der Waals surface area contributed by atoms with Gasteiger partial charge in [0.05, 0.1) is 0 Å². The lowest BCUT2D eigenvalue weighted by Gasteiger charge is -2.09. The van der Waals surface area contributed by atoms with Crippen molar-refractivity contribution in [2.24, 2.45) is 5.92 Å². The summed E-state index contributed by atoms with van der Waals surface area (Å²) in [5.41, 5.74) is 3.93. The maximum Gasteiger partial charge on any atom is 0.224 e. The maximum atomic E-state index is 12.3. The molecule has 1 aliphatic carbocycles. The molecule has 1 saturated carbocycles. The van der Waals surface area contributed by atoms with E-state index in [-0.39, 0.29) is 11.8 Å². The predicted molar refractivity (Wildman–Crippen MR) is 94.4 cm³/mol. The van der Waals surface area contributed by atoms with E-state index in [1.165, 1.54) is 5.56 Å². The molecule has 0 spiro atoms. The predicted octanol–water partition coefficient (Wildman–Crippen LogP) is 4.19. The second kappa shape index (κ2) is 6.36. The number of aromatic hydroxyl groups is 1. The summed E-state index contributed by atoms with van der Waals surface area (Å²) in [4.78, 5) is 12.3. The summed E-state index contributed by atoms with van der Waals surface area (Å²) in [6.07, 6.45) is 0.918. The smallest absolute Gasteiger partial charge is 0.224 e. The van der Waals surface area contributed by atoms with Crippen molar-refractivity contribution < 1.29 is 9.90 Å². The van der Waals surface area contributed by atoms with Crippen molar-refractivity contribution in [2.45, 2.75) is 32.7 Å². The molecule has 0 unspecified atom stereocenters. The second-order valence-corrected chi connectivity index (χ2v) is 7.21. The lowest BCUT2D eigenvalue weighted by atomic mass is 10.1. The van der Waals surface area contributed by atoms with E-state index in [0.717, 1.165) is 27.6 Å². The zero-order valence-corrected chi connectivity index (χ0v) is 14.9. The van der Waals surface area contributed by atoms with Gasteiger partial charge in [-0.05, 0) is 60.6 Å². The Labute approximate surface area is 144 Å². The number of phenolic OH excluding ortho intramolecular Hbond substituents is 1. The van der Waals surface area contributed by atoms with Crippen molar-refractivity contribution in [3.05, 3.63) is 63.1 Å². The van der Waals surface area contributed by atoms with Crippen LogP contribution in [-0.4, -0.2) is 11.0 Å². The molecule has 2 aromatic carbocycles. The summed E-state index contributed by atoms with van der Waals surface area (Å²) in [6, 6.07) is 12.0. The van der Waals surface area contributed by atoms with E-state index in [9.17, 15) is 9.90 Å². The molecule has 0 aliphatic heterocycles. The number of rotatable bonds is 4. The van der Waals surface area contributed by atoms with Gasteiger partial charge < -0.3 is 10.4 Å². The highest BCUT2D eigenvalue weighted by Crippen LogP contribution is 2.47. The third kappa shape index (κ3) is 3.58. The summed E-state index contributed by atoms with van der Waals surface area (Å²) in [7, 11) is 0. The summed E-state index contributed by atoms with van der Waals surface area (Å²) in [6.45, 7) is 4.25. The number of carbonyl (C=O) groups is 1. The van der Waals surface area contributed by atoms with Crippen LogP contribution in [0.5, 0.6) is 5.75 Å². The van der Waals surface area contributed by atoms with Gasteiger partial charge in [-0.1, -0.05) is 40.2 Å². The molecule has 1 aliphatic rings. The fraction of sp³-hybridized carbons (Fsp3) is 0.316. The van der Waals surface area contributed by atoms with Crippen LogP contribution in [0.4, 0.5) is 0 Å². The summed E-state index contributed by atoms with van der Waals surface area (Å²) in [5.74, 6) is 0.862. The van der Waals surface area contributed by atoms with E-state index < -0.39 is 0 Å². The van der Waals surface area contributed by atoms with Crippen LogP contribution >= 0.6 is 15.9 Å². The third-order valence-electron chi connectivity index (χ3n) is 4.44. The number of nitrogens with one attached hydrogen (secondary N) is 1. The SMILES string of the molecule is Cc1cc(CNC(=O)[C@@H]2C[C@@H]2c2ccc(Br)cc2)cc(C)c1O. The van der Waals surface area contributed by atoms with Crippen LogP contribution in [0.15, 0.2) is 40.9 Å². The van der Waals surface area contributed by atoms with Gasteiger partial charge in [-0.2, -0.15) is 0 Å². The number of hydrogen-bond donors (Lipinski definition) is 2. The fourth-order valence-corrected chi connectivity index (χ4v) is 3.30. The van der Waals surface area contributed by atoms with Gasteiger partial charge in [0.1, 0.15) is 5.75 Å². The average Bonchev–Trinajstić information content (AvgIpc) is 3.31. The van der Waals surface area contributed by atoms with Crippen LogP contribution in [0, 0.1) is 19.8 Å². The Bertz CT molecular complexity index is 717. The van der Waals surface area contributed by atoms with Gasteiger partial charge in [-0.3, -0.25) is 4.79 Å². The number of phenols is 1. The van der Waals surface area contributed by atoms with Gasteiger partial charge in [-0.25, -0.2) is 0 Å². The molecule has 2 atom stereocenters. The standard InChI is InChI=1S/C19H20BrNO2/c1-11-7-13(8-12(2)18(11)22)10-21-19(23)17-9-16(17)14-3-5-15(20)6-4-14/h3-8,16-17,22H,9-10H2,1-2H3,(H,21,23)/t16-,17-/m1/s1. The number of amides is 1. The third-order valence-corrected chi connectivity index (χ3v) is 4.97. The van der Waals surface area contributed by atoms with Gasteiger partial charge in [0, 0.05) is 16.9 Å². The Morgan fingerprint density at radius 2 is 1.83 bits per heavy atom. The van der Waals surface area contributed by atoms with E-state index in [2.05, 4.69) is 33.4 Å². The highest BCUT2D eigenvalue weighted by molar-refractivity contribution is 9.10. The molecule has 0 saturated heterocycles. The van der Waals surface area contributed by atoms with Crippen LogP contribution < -0.4 is 5.32 Å². The van der Waals surface area contributed by atoms with Crippen LogP contribution in [0.2, 0.25) is 0 Å². The Hall–Kier alpha value is -1.81. The number of carbonyl (C=O) groups excluding carboxylic acids is 1. The number of hydrogen-bond acceptors (Lipinski definition) is 2. The summed E-state index contributed by atoms with van der Waals surface area (Å²) >= 11 is 3.43. The lowest BCUT2D eigenvalue weighted by molar-refractivity contribution is -0.122. The zero-order valence-electron chi connectivity index (χ0n) is 13.3. The highest BCUT2D eigenvalue weighted by atomic mass is 79.9. The first-order valence-corrected chi connectivity index (χ1v) is 8.57. The van der Waals surface area contributed by atoms with Gasteiger partial charge in [0.15, 0.2) is 0 Å². The normalized spacial score (nSPS) is 19.4. The highest BCUT2D eigenvalue weighted by Gasteiger charge is 2.43. The molecule has 0 heterocycles. The molecular weight excluding hydrogens is 354 g/mol. The van der Waals surface area contributed by atoms with Gasteiger partial charge in [-0.15, -0.1) is 0 Å². The Balaban J connectivity index is 1.58. The molecule has 3 nitrogen and oxygen atoms in total. The fourth-order valence-electron chi connectivity index (χ4n) is 3.03. The number of aryl methyl sites for hydroxylation is 2. The molecule has 2 aromatic rings. The first-order valence-electron chi connectivity index (χ1n) is 7.78. The van der Waals surface area contributed by atoms with Crippen molar-refractivity contribution in [1.29, 1.82) is 0 Å². The molecule has 23 heavy (non-hydrogen) atoms. The largest absolute Gasteiger partial charge is 0.507 e. The maximum absolute atomic E-state index is 12.3. The Morgan fingerprint density at radius 3 is 2.43 bits per heavy atom. The molecular formula is C19H20BrNO2. The second-order valence-electron chi connectivity index (χ2n) is 6.30. The molecule has 0 aromatic heterocycles. The van der Waals surface area contributed by atoms with Crippen LogP contribution in [0.1, 0.15) is 34.6 Å². The first kappa shape index (κ1) is 16.1. The van der Waals surface area contributed by atoms with Gasteiger partial charge in [0.2, 0.25) is 5.91 Å². The molecule has 3 rings (SSSR count). The van der Waals surface area contributed by atoms with Crippen molar-refractivity contribution in [2.75, 3.05) is 0 Å². The quantitative estimate of drug-likeness (QED) is 0.843. The molecule has 0 bridgehead atoms. The average molecular weight is 374 g/mol. The minimum atomic E-state index is 0.0792. The topological polar surface area (TPSA) is 49.3 Å². The van der Waals surface area contributed by atoms with Crippen molar-refractivity contribution in [3.63, 3.8) is 0 Å². The molecule has 2 N–H and O–H groups in total. The van der Waals surface area contributed by atoms with E-state index in [1.54, 1.807) is 0 Å². The lowest BCUT2D eigenvalue weighted by Crippen LogP contribution is -2.25. The van der Waals surface area contributed by atoms with Crippen molar-refractivity contribution >= 4 is 21.8 Å². The van der Waals surface area contributed by atoms with E-state index in [4.69, 9.17) is 0 Å². The van der Waals surface area contributed by atoms with E-state index >= 15 is 0 Å². The number of benzene rings is 2. The summed E-state index contributed by atoms with van der Waals surface area (Å²) in [5, 5.41) is 12.8. The zero-order chi connectivity index (χ0) is 16.6. The van der Waals surface area contributed by atoms with E-state index in [0.29, 0.717) is 18.2 Å². The van der Waals surface area contributed by atoms with Crippen LogP contribution in [-0.2, 0) is 11.3 Å². The molecule has 1 amide bonds. The molecule has 4 heteroatoms. The Kier molecular flexibility index (Phi) is 4.44. The number of halogens is 1. The van der Waals surface area contributed by atoms with Crippen molar-refractivity contribution in [1.82, 2.24) is 5.32 Å². The summed E-state index contributed by atoms with van der Waals surface area (Å²) < 4.78 is 1.06. The van der Waals surface area contributed by atoms with Crippen molar-refractivity contribution in [3.8, 4) is 5.75 Å². The molecule has 120 valence electrons. The van der Waals surface area contributed by atoms with E-state index in [1.807, 2.05) is 38.1 Å². The molecule has 0 radical (unpaired) electrons. The van der Waals surface area contributed by atoms with Gasteiger partial charge in [0.25, 0.3) is 0 Å². The Morgan fingerprint density at radius 1 is 1.22 bits per heavy atom. The minimum absolute atomic E-state index is 0.0792. The minimum Gasteiger partial charge on any atom is -0.507 e. The van der Waals surface area contributed by atoms with Crippen LogP contribution in [0.25, 0.3) is 0 Å². The van der Waals surface area contributed by atoms with Gasteiger partial charge >= 0.3 is 0 Å². The van der Waals surface area contributed by atoms with Crippen LogP contribution in [0.3, 0.4) is 0 Å². The monoisotopic (exact) mass is 373 g/mol.